The van der Waals surface area contributed by atoms with Crippen molar-refractivity contribution in [2.24, 2.45) is 0 Å². The minimum absolute atomic E-state index is 0.0672. The molecule has 0 bridgehead atoms. The van der Waals surface area contributed by atoms with Gasteiger partial charge in [-0.3, -0.25) is 9.48 Å². The highest BCUT2D eigenvalue weighted by Crippen LogP contribution is 2.37. The van der Waals surface area contributed by atoms with Crippen molar-refractivity contribution in [2.45, 2.75) is 38.4 Å². The minimum Gasteiger partial charge on any atom is -0.481 e. The van der Waals surface area contributed by atoms with Crippen LogP contribution in [0.1, 0.15) is 37.8 Å². The van der Waals surface area contributed by atoms with Gasteiger partial charge in [-0.25, -0.2) is 0 Å². The summed E-state index contributed by atoms with van der Waals surface area (Å²) in [7, 11) is 0. The van der Waals surface area contributed by atoms with Crippen LogP contribution >= 0.6 is 0 Å². The first kappa shape index (κ1) is 13.5. The van der Waals surface area contributed by atoms with E-state index < -0.39 is 24.5 Å². The molecule has 0 aliphatic heterocycles. The molecule has 1 aromatic heterocycles. The molecule has 0 saturated carbocycles. The van der Waals surface area contributed by atoms with Crippen molar-refractivity contribution in [3.05, 3.63) is 18.0 Å². The van der Waals surface area contributed by atoms with Crippen LogP contribution in [0.4, 0.5) is 13.2 Å². The highest BCUT2D eigenvalue weighted by atomic mass is 19.4. The van der Waals surface area contributed by atoms with E-state index in [0.717, 1.165) is 6.20 Å². The van der Waals surface area contributed by atoms with Crippen LogP contribution < -0.4 is 0 Å². The van der Waals surface area contributed by atoms with Gasteiger partial charge in [0.1, 0.15) is 0 Å². The normalized spacial score (nSPS) is 14.0. The van der Waals surface area contributed by atoms with Gasteiger partial charge in [-0.05, 0) is 13.8 Å². The van der Waals surface area contributed by atoms with Crippen molar-refractivity contribution in [1.82, 2.24) is 9.78 Å². The smallest absolute Gasteiger partial charge is 0.396 e. The van der Waals surface area contributed by atoms with Gasteiger partial charge in [0.15, 0.2) is 0 Å². The van der Waals surface area contributed by atoms with Gasteiger partial charge in [-0.1, -0.05) is 0 Å². The zero-order valence-corrected chi connectivity index (χ0v) is 9.40. The summed E-state index contributed by atoms with van der Waals surface area (Å²) < 4.78 is 39.4. The van der Waals surface area contributed by atoms with E-state index in [4.69, 9.17) is 5.11 Å². The molecule has 96 valence electrons. The number of rotatable bonds is 4. The molecular formula is C10H13F3N2O2. The maximum atomic E-state index is 12.7. The van der Waals surface area contributed by atoms with E-state index in [-0.39, 0.29) is 11.6 Å². The van der Waals surface area contributed by atoms with Gasteiger partial charge in [0.2, 0.25) is 0 Å². The predicted octanol–water partition coefficient (Wildman–Crippen LogP) is 2.58. The number of hydrogen-bond acceptors (Lipinski definition) is 2. The molecule has 0 aliphatic rings. The van der Waals surface area contributed by atoms with Gasteiger partial charge < -0.3 is 5.11 Å². The minimum atomic E-state index is -4.58. The van der Waals surface area contributed by atoms with Gasteiger partial charge in [-0.2, -0.15) is 18.3 Å². The van der Waals surface area contributed by atoms with E-state index in [9.17, 15) is 18.0 Å². The summed E-state index contributed by atoms with van der Waals surface area (Å²) in [5.41, 5.74) is -0.117. The van der Waals surface area contributed by atoms with Crippen LogP contribution in [0.15, 0.2) is 12.4 Å². The number of nitrogens with zero attached hydrogens (tertiary/aromatic N) is 2. The van der Waals surface area contributed by atoms with Crippen LogP contribution in [0.3, 0.4) is 0 Å². The van der Waals surface area contributed by atoms with Gasteiger partial charge in [0, 0.05) is 17.8 Å². The average Bonchev–Trinajstić information content (AvgIpc) is 2.60. The topological polar surface area (TPSA) is 55.1 Å². The van der Waals surface area contributed by atoms with Crippen LogP contribution in [0, 0.1) is 0 Å². The molecule has 7 heteroatoms. The SMILES string of the molecule is CC(C)n1cc(C(CC(=O)O)C(F)(F)F)cn1. The molecule has 1 atom stereocenters. The van der Waals surface area contributed by atoms with Crippen LogP contribution in [0.5, 0.6) is 0 Å². The lowest BCUT2D eigenvalue weighted by molar-refractivity contribution is -0.163. The fraction of sp³-hybridized carbons (Fsp3) is 0.600. The van der Waals surface area contributed by atoms with E-state index in [1.165, 1.54) is 10.9 Å². The lowest BCUT2D eigenvalue weighted by Crippen LogP contribution is -2.23. The molecule has 1 N–H and O–H groups in total. The van der Waals surface area contributed by atoms with E-state index in [1.54, 1.807) is 13.8 Å². The van der Waals surface area contributed by atoms with Crippen LogP contribution in [-0.2, 0) is 4.79 Å². The van der Waals surface area contributed by atoms with Gasteiger partial charge in [0.25, 0.3) is 0 Å². The highest BCUT2D eigenvalue weighted by Gasteiger charge is 2.42. The molecule has 0 spiro atoms. The summed E-state index contributed by atoms with van der Waals surface area (Å²) >= 11 is 0. The third-order valence-electron chi connectivity index (χ3n) is 2.33. The average molecular weight is 250 g/mol. The lowest BCUT2D eigenvalue weighted by Gasteiger charge is -2.16. The first-order chi connectivity index (χ1) is 7.71. The first-order valence-corrected chi connectivity index (χ1v) is 5.04. The fourth-order valence-electron chi connectivity index (χ4n) is 1.41. The summed E-state index contributed by atoms with van der Waals surface area (Å²) in [6, 6.07) is -0.0672. The molecule has 0 fully saturated rings. The maximum absolute atomic E-state index is 12.7. The molecular weight excluding hydrogens is 237 g/mol. The summed E-state index contributed by atoms with van der Waals surface area (Å²) in [6.45, 7) is 3.55. The lowest BCUT2D eigenvalue weighted by atomic mass is 9.98. The number of hydrogen-bond donors (Lipinski definition) is 1. The van der Waals surface area contributed by atoms with Crippen molar-refractivity contribution in [1.29, 1.82) is 0 Å². The Bertz CT molecular complexity index is 399. The van der Waals surface area contributed by atoms with Crippen LogP contribution in [0.2, 0.25) is 0 Å². The summed E-state index contributed by atoms with van der Waals surface area (Å²) in [6.07, 6.45) is -3.25. The van der Waals surface area contributed by atoms with E-state index in [0.29, 0.717) is 0 Å². The number of carboxylic acid groups (broad SMARTS) is 1. The third-order valence-corrected chi connectivity index (χ3v) is 2.33. The number of aliphatic carboxylic acids is 1. The number of halogens is 3. The molecule has 1 unspecified atom stereocenters. The summed E-state index contributed by atoms with van der Waals surface area (Å²) in [5, 5.41) is 12.3. The van der Waals surface area contributed by atoms with Gasteiger partial charge >= 0.3 is 12.1 Å². The number of carbonyl (C=O) groups is 1. The summed E-state index contributed by atoms with van der Waals surface area (Å²) in [5.74, 6) is -3.49. The molecule has 0 aliphatic carbocycles. The Labute approximate surface area is 96.0 Å². The Morgan fingerprint density at radius 3 is 2.47 bits per heavy atom. The molecule has 4 nitrogen and oxygen atoms in total. The second-order valence-electron chi connectivity index (χ2n) is 4.04. The monoisotopic (exact) mass is 250 g/mol. The Kier molecular flexibility index (Phi) is 3.79. The predicted molar refractivity (Wildman–Crippen MR) is 53.7 cm³/mol. The molecule has 0 amide bonds. The van der Waals surface area contributed by atoms with Crippen LogP contribution in [-0.4, -0.2) is 27.0 Å². The Balaban J connectivity index is 3.00. The summed E-state index contributed by atoms with van der Waals surface area (Å²) in [4.78, 5) is 10.4. The highest BCUT2D eigenvalue weighted by molar-refractivity contribution is 5.68. The molecule has 0 saturated heterocycles. The Hall–Kier alpha value is -1.53. The molecule has 1 rings (SSSR count). The number of alkyl halides is 3. The van der Waals surface area contributed by atoms with Crippen molar-refractivity contribution < 1.29 is 23.1 Å². The fourth-order valence-corrected chi connectivity index (χ4v) is 1.41. The molecule has 1 aromatic rings. The second-order valence-corrected chi connectivity index (χ2v) is 4.04. The molecule has 0 radical (unpaired) electrons. The number of aromatic nitrogens is 2. The van der Waals surface area contributed by atoms with Crippen molar-refractivity contribution in [2.75, 3.05) is 0 Å². The Morgan fingerprint density at radius 1 is 1.53 bits per heavy atom. The Morgan fingerprint density at radius 2 is 2.12 bits per heavy atom. The molecule has 1 heterocycles. The molecule has 17 heavy (non-hydrogen) atoms. The van der Waals surface area contributed by atoms with Crippen molar-refractivity contribution >= 4 is 5.97 Å². The second kappa shape index (κ2) is 4.77. The largest absolute Gasteiger partial charge is 0.481 e. The standard InChI is InChI=1S/C10H13F3N2O2/c1-6(2)15-5-7(4-14-15)8(3-9(16)17)10(11,12)13/h4-6,8H,3H2,1-2H3,(H,16,17). The zero-order valence-electron chi connectivity index (χ0n) is 9.40. The zero-order chi connectivity index (χ0) is 13.2. The quantitative estimate of drug-likeness (QED) is 0.893. The number of carboxylic acids is 1. The molecule has 0 aromatic carbocycles. The van der Waals surface area contributed by atoms with E-state index >= 15 is 0 Å². The third kappa shape index (κ3) is 3.47. The van der Waals surface area contributed by atoms with Gasteiger partial charge in [0.05, 0.1) is 18.5 Å². The van der Waals surface area contributed by atoms with Crippen LogP contribution in [0.25, 0.3) is 0 Å². The maximum Gasteiger partial charge on any atom is 0.396 e. The van der Waals surface area contributed by atoms with E-state index in [2.05, 4.69) is 5.10 Å². The van der Waals surface area contributed by atoms with Gasteiger partial charge in [-0.15, -0.1) is 0 Å². The van der Waals surface area contributed by atoms with Crippen molar-refractivity contribution in [3.8, 4) is 0 Å². The van der Waals surface area contributed by atoms with Crippen molar-refractivity contribution in [3.63, 3.8) is 0 Å². The van der Waals surface area contributed by atoms with E-state index in [1.807, 2.05) is 0 Å². The first-order valence-electron chi connectivity index (χ1n) is 5.04.